The van der Waals surface area contributed by atoms with Crippen LogP contribution in [-0.2, 0) is 36.1 Å². The summed E-state index contributed by atoms with van der Waals surface area (Å²) in [5, 5.41) is 0.754. The molecule has 0 bridgehead atoms. The maximum atomic E-state index is 12.7. The summed E-state index contributed by atoms with van der Waals surface area (Å²) >= 11 is 6.03. The summed E-state index contributed by atoms with van der Waals surface area (Å²) in [6.07, 6.45) is 3.65. The van der Waals surface area contributed by atoms with Gasteiger partial charge >= 0.3 is 6.09 Å². The summed E-state index contributed by atoms with van der Waals surface area (Å²) < 4.78 is 62.7. The third kappa shape index (κ3) is 11.4. The van der Waals surface area contributed by atoms with Gasteiger partial charge in [-0.15, -0.1) is 0 Å². The molecule has 1 aromatic heterocycles. The molecule has 2 fully saturated rings. The number of fused-ring (bicyclic) bond motifs is 1. The molecule has 0 unspecified atom stereocenters. The van der Waals surface area contributed by atoms with Crippen LogP contribution in [0.25, 0.3) is 10.9 Å². The van der Waals surface area contributed by atoms with Crippen molar-refractivity contribution in [1.82, 2.24) is 14.4 Å². The number of aryl methyl sites for hydroxylation is 1. The van der Waals surface area contributed by atoms with Gasteiger partial charge in [-0.3, -0.25) is 14.2 Å². The average Bonchev–Trinajstić information content (AvgIpc) is 3.52. The van der Waals surface area contributed by atoms with Gasteiger partial charge in [-0.2, -0.15) is 0 Å². The van der Waals surface area contributed by atoms with Gasteiger partial charge in [-0.05, 0) is 95.0 Å². The van der Waals surface area contributed by atoms with Gasteiger partial charge in [-0.1, -0.05) is 48.0 Å². The van der Waals surface area contributed by atoms with E-state index in [1.54, 1.807) is 58.3 Å². The first-order valence-corrected chi connectivity index (χ1v) is 21.2. The number of carbonyl (C=O) groups is 2. The lowest BCUT2D eigenvalue weighted by molar-refractivity contribution is -0.132. The van der Waals surface area contributed by atoms with Gasteiger partial charge in [0.05, 0.1) is 10.5 Å². The predicted molar refractivity (Wildman–Crippen MR) is 210 cm³/mol. The van der Waals surface area contributed by atoms with E-state index in [4.69, 9.17) is 16.3 Å². The Bertz CT molecular complexity index is 2060. The molecule has 2 N–H and O–H groups in total. The largest absolute Gasteiger partial charge is 0.444 e. The third-order valence-electron chi connectivity index (χ3n) is 9.13. The summed E-state index contributed by atoms with van der Waals surface area (Å²) in [5.74, 6) is 0.0534. The molecule has 0 saturated carbocycles. The summed E-state index contributed by atoms with van der Waals surface area (Å²) in [4.78, 5) is 28.0. The van der Waals surface area contributed by atoms with Crippen LogP contribution >= 0.6 is 11.6 Å². The van der Waals surface area contributed by atoms with E-state index in [0.717, 1.165) is 10.9 Å². The lowest BCUT2D eigenvalue weighted by Crippen LogP contribution is -2.45. The van der Waals surface area contributed by atoms with E-state index in [0.29, 0.717) is 81.2 Å². The summed E-state index contributed by atoms with van der Waals surface area (Å²) in [7, 11) is -6.91. The van der Waals surface area contributed by atoms with Crippen molar-refractivity contribution >= 4 is 65.9 Å². The molecule has 4 aromatic rings. The SMILES string of the molecule is CC(C)(C)OC(=O)N1CCC(S(=O)(=O)Nc2ccccc2)CC1.O=C(CCn1ccc2cc(Cl)ccc21)N1CCC(S(=O)(=O)Nc2ccccc2)CC1. The number of aromatic nitrogens is 1. The van der Waals surface area contributed by atoms with Crippen molar-refractivity contribution in [2.45, 2.75) is 75.5 Å². The van der Waals surface area contributed by atoms with Crippen molar-refractivity contribution in [3.05, 3.63) is 96.1 Å². The molecule has 3 heterocycles. The number of amides is 2. The molecule has 0 aliphatic carbocycles. The van der Waals surface area contributed by atoms with Gasteiger partial charge in [0, 0.05) is 72.6 Å². The monoisotopic (exact) mass is 785 g/mol. The van der Waals surface area contributed by atoms with Gasteiger partial charge in [0.25, 0.3) is 0 Å². The van der Waals surface area contributed by atoms with E-state index >= 15 is 0 Å². The molecule has 2 aliphatic heterocycles. The van der Waals surface area contributed by atoms with Crippen LogP contribution in [0.4, 0.5) is 16.2 Å². The van der Waals surface area contributed by atoms with E-state index in [-0.39, 0.29) is 12.0 Å². The molecule has 53 heavy (non-hydrogen) atoms. The molecule has 6 rings (SSSR count). The van der Waals surface area contributed by atoms with Crippen LogP contribution in [0, 0.1) is 0 Å². The molecule has 0 spiro atoms. The Labute approximate surface area is 317 Å². The average molecular weight is 786 g/mol. The second kappa shape index (κ2) is 17.3. The zero-order valence-corrected chi connectivity index (χ0v) is 32.7. The van der Waals surface area contributed by atoms with Crippen molar-refractivity contribution in [2.75, 3.05) is 35.6 Å². The van der Waals surface area contributed by atoms with Gasteiger partial charge in [0.2, 0.25) is 26.0 Å². The molecule has 2 amide bonds. The molecule has 2 aliphatic rings. The van der Waals surface area contributed by atoms with E-state index in [1.807, 2.05) is 67.9 Å². The maximum Gasteiger partial charge on any atom is 0.410 e. The fraction of sp³-hybridized carbons (Fsp3) is 0.421. The molecule has 286 valence electrons. The van der Waals surface area contributed by atoms with Crippen LogP contribution < -0.4 is 9.44 Å². The minimum absolute atomic E-state index is 0.0534. The highest BCUT2D eigenvalue weighted by Gasteiger charge is 2.34. The van der Waals surface area contributed by atoms with E-state index in [2.05, 4.69) is 9.44 Å². The Kier molecular flexibility index (Phi) is 13.0. The smallest absolute Gasteiger partial charge is 0.410 e. The number of carbonyl (C=O) groups excluding carboxylic acids is 2. The number of likely N-dealkylation sites (tertiary alicyclic amines) is 2. The summed E-state index contributed by atoms with van der Waals surface area (Å²) in [5.41, 5.74) is 1.62. The Morgan fingerprint density at radius 1 is 0.736 bits per heavy atom. The molecule has 0 atom stereocenters. The van der Waals surface area contributed by atoms with Crippen molar-refractivity contribution in [1.29, 1.82) is 0 Å². The van der Waals surface area contributed by atoms with Gasteiger partial charge in [0.1, 0.15) is 5.60 Å². The predicted octanol–water partition coefficient (Wildman–Crippen LogP) is 6.95. The molecular weight excluding hydrogens is 738 g/mol. The lowest BCUT2D eigenvalue weighted by Gasteiger charge is -2.33. The maximum absolute atomic E-state index is 12.7. The molecular formula is C38H48ClN5O7S2. The number of benzene rings is 3. The highest BCUT2D eigenvalue weighted by Crippen LogP contribution is 2.24. The van der Waals surface area contributed by atoms with Crippen LogP contribution in [0.1, 0.15) is 52.9 Å². The van der Waals surface area contributed by atoms with Crippen molar-refractivity contribution in [3.63, 3.8) is 0 Å². The van der Waals surface area contributed by atoms with Crippen LogP contribution in [0.2, 0.25) is 5.02 Å². The first-order valence-electron chi connectivity index (χ1n) is 17.7. The Hall–Kier alpha value is -4.27. The Morgan fingerprint density at radius 3 is 1.72 bits per heavy atom. The molecule has 3 aromatic carbocycles. The minimum atomic E-state index is -3.46. The Morgan fingerprint density at radius 2 is 1.23 bits per heavy atom. The number of nitrogens with one attached hydrogen (secondary N) is 2. The minimum Gasteiger partial charge on any atom is -0.444 e. The van der Waals surface area contributed by atoms with Crippen molar-refractivity contribution in [2.24, 2.45) is 0 Å². The first kappa shape index (κ1) is 39.9. The molecule has 12 nitrogen and oxygen atoms in total. The molecule has 0 radical (unpaired) electrons. The van der Waals surface area contributed by atoms with Gasteiger partial charge in [0.15, 0.2) is 0 Å². The van der Waals surface area contributed by atoms with Crippen LogP contribution in [0.3, 0.4) is 0 Å². The number of nitrogens with zero attached hydrogens (tertiary/aromatic N) is 3. The topological polar surface area (TPSA) is 147 Å². The van der Waals surface area contributed by atoms with Gasteiger partial charge < -0.3 is 19.1 Å². The van der Waals surface area contributed by atoms with Gasteiger partial charge in [-0.25, -0.2) is 21.6 Å². The number of para-hydroxylation sites is 2. The second-order valence-electron chi connectivity index (χ2n) is 14.2. The van der Waals surface area contributed by atoms with Crippen LogP contribution in [0.15, 0.2) is 91.1 Å². The Balaban J connectivity index is 0.000000212. The van der Waals surface area contributed by atoms with E-state index in [9.17, 15) is 26.4 Å². The fourth-order valence-corrected chi connectivity index (χ4v) is 9.44. The molecule has 2 saturated heterocycles. The second-order valence-corrected chi connectivity index (χ2v) is 18.6. The summed E-state index contributed by atoms with van der Waals surface area (Å²) in [6.45, 7) is 7.70. The van der Waals surface area contributed by atoms with E-state index in [1.165, 1.54) is 0 Å². The quantitative estimate of drug-likeness (QED) is 0.187. The zero-order chi connectivity index (χ0) is 38.2. The highest BCUT2D eigenvalue weighted by atomic mass is 35.5. The number of rotatable bonds is 9. The fourth-order valence-electron chi connectivity index (χ4n) is 6.34. The normalized spacial score (nSPS) is 16.1. The summed E-state index contributed by atoms with van der Waals surface area (Å²) in [6, 6.07) is 25.4. The molecule has 15 heteroatoms. The zero-order valence-electron chi connectivity index (χ0n) is 30.3. The number of halogens is 1. The van der Waals surface area contributed by atoms with Crippen molar-refractivity contribution in [3.8, 4) is 0 Å². The number of piperidine rings is 2. The highest BCUT2D eigenvalue weighted by molar-refractivity contribution is 7.93. The third-order valence-corrected chi connectivity index (χ3v) is 13.1. The standard InChI is InChI=1S/C22H24ClN3O3S.C16H24N2O4S/c23-18-6-7-21-17(16-18)8-12-25(21)15-11-22(27)26-13-9-20(10-14-26)30(28,29)24-19-4-2-1-3-5-19;1-16(2,3)22-15(19)18-11-9-14(10-12-18)23(20,21)17-13-7-5-4-6-8-13/h1-8,12,16,20,24H,9-11,13-15H2;4-8,14,17H,9-12H2,1-3H3. The number of hydrogen-bond acceptors (Lipinski definition) is 7. The van der Waals surface area contributed by atoms with E-state index < -0.39 is 36.1 Å². The number of hydrogen-bond donors (Lipinski definition) is 2. The number of anilines is 2. The number of ether oxygens (including phenoxy) is 1. The van der Waals surface area contributed by atoms with Crippen LogP contribution in [-0.4, -0.2) is 85.5 Å². The van der Waals surface area contributed by atoms with Crippen LogP contribution in [0.5, 0.6) is 0 Å². The lowest BCUT2D eigenvalue weighted by atomic mass is 10.1. The first-order chi connectivity index (χ1) is 25.1. The van der Waals surface area contributed by atoms with Crippen molar-refractivity contribution < 1.29 is 31.2 Å². The number of sulfonamides is 2.